The van der Waals surface area contributed by atoms with E-state index in [1.165, 1.54) is 5.41 Å². The van der Waals surface area contributed by atoms with Gasteiger partial charge in [0, 0.05) is 17.9 Å². The van der Waals surface area contributed by atoms with Crippen molar-refractivity contribution in [1.82, 2.24) is 9.78 Å². The first-order chi connectivity index (χ1) is 12.2. The van der Waals surface area contributed by atoms with Crippen LogP contribution in [-0.2, 0) is 14.8 Å². The third kappa shape index (κ3) is 4.54. The Bertz CT molecular complexity index is 617. The lowest BCUT2D eigenvalue weighted by Gasteiger charge is -2.40. The van der Waals surface area contributed by atoms with Gasteiger partial charge in [-0.15, -0.1) is 0 Å². The van der Waals surface area contributed by atoms with Gasteiger partial charge in [0.1, 0.15) is 0 Å². The van der Waals surface area contributed by atoms with E-state index in [1.54, 1.807) is 6.20 Å². The van der Waals surface area contributed by atoms with E-state index < -0.39 is 0 Å². The van der Waals surface area contributed by atoms with Crippen molar-refractivity contribution in [3.8, 4) is 6.07 Å². The van der Waals surface area contributed by atoms with E-state index in [2.05, 4.69) is 30.4 Å². The monoisotopic (exact) mass is 377 g/mol. The molecule has 1 saturated heterocycles. The number of hydrogen-bond acceptors (Lipinski definition) is 5. The highest BCUT2D eigenvalue weighted by atomic mass is 32.1. The van der Waals surface area contributed by atoms with E-state index in [-0.39, 0.29) is 23.9 Å². The maximum Gasteiger partial charge on any atom is 0.498 e. The number of hydrogen-bond donors (Lipinski definition) is 1. The summed E-state index contributed by atoms with van der Waals surface area (Å²) >= 11 is 3.55. The molecule has 1 aliphatic carbocycles. The molecule has 26 heavy (non-hydrogen) atoms. The number of aromatic nitrogens is 2. The SMILES string of the molecule is C=CS.CC.CC1(C)OB(c2cnn(C3(CC#N)CCC3)c2)OC1(C)C. The van der Waals surface area contributed by atoms with E-state index in [0.717, 1.165) is 24.7 Å². The summed E-state index contributed by atoms with van der Waals surface area (Å²) in [5, 5.41) is 15.0. The van der Waals surface area contributed by atoms with Crippen LogP contribution in [0.2, 0.25) is 0 Å². The second kappa shape index (κ2) is 9.12. The quantitative estimate of drug-likeness (QED) is 0.637. The zero-order valence-electron chi connectivity index (χ0n) is 17.0. The third-order valence-corrected chi connectivity index (χ3v) is 5.31. The normalized spacial score (nSPS) is 21.2. The van der Waals surface area contributed by atoms with Gasteiger partial charge in [-0.2, -0.15) is 23.0 Å². The second-order valence-electron chi connectivity index (χ2n) is 7.40. The fourth-order valence-electron chi connectivity index (χ4n) is 2.92. The van der Waals surface area contributed by atoms with Gasteiger partial charge in [-0.3, -0.25) is 4.68 Å². The van der Waals surface area contributed by atoms with Crippen LogP contribution >= 0.6 is 12.6 Å². The van der Waals surface area contributed by atoms with Gasteiger partial charge in [-0.05, 0) is 52.4 Å². The Morgan fingerprint density at radius 1 is 1.31 bits per heavy atom. The molecule has 2 fully saturated rings. The molecule has 2 heterocycles. The largest absolute Gasteiger partial charge is 0.498 e. The van der Waals surface area contributed by atoms with Gasteiger partial charge >= 0.3 is 7.12 Å². The minimum atomic E-state index is -0.386. The van der Waals surface area contributed by atoms with Crippen LogP contribution < -0.4 is 5.46 Å². The Hall–Kier alpha value is -1.23. The fourth-order valence-corrected chi connectivity index (χ4v) is 2.92. The lowest BCUT2D eigenvalue weighted by Crippen LogP contribution is -2.41. The van der Waals surface area contributed by atoms with Gasteiger partial charge in [-0.25, -0.2) is 0 Å². The summed E-state index contributed by atoms with van der Waals surface area (Å²) in [4.78, 5) is 0. The summed E-state index contributed by atoms with van der Waals surface area (Å²) < 4.78 is 14.0. The Morgan fingerprint density at radius 3 is 2.19 bits per heavy atom. The molecular weight excluding hydrogens is 345 g/mol. The van der Waals surface area contributed by atoms with E-state index >= 15 is 0 Å². The highest BCUT2D eigenvalue weighted by Crippen LogP contribution is 2.41. The molecule has 0 aromatic carbocycles. The van der Waals surface area contributed by atoms with Gasteiger partial charge < -0.3 is 9.31 Å². The van der Waals surface area contributed by atoms with Crippen molar-refractivity contribution in [3.63, 3.8) is 0 Å². The summed E-state index contributed by atoms with van der Waals surface area (Å²) in [5.41, 5.74) is 0.121. The molecule has 1 aromatic rings. The summed E-state index contributed by atoms with van der Waals surface area (Å²) in [6, 6.07) is 2.29. The lowest BCUT2D eigenvalue weighted by molar-refractivity contribution is 0.00578. The Morgan fingerprint density at radius 2 is 1.81 bits per heavy atom. The maximum absolute atomic E-state index is 9.04. The summed E-state index contributed by atoms with van der Waals surface area (Å²) in [6.07, 6.45) is 7.50. The Balaban J connectivity index is 0.000000615. The van der Waals surface area contributed by atoms with Crippen LogP contribution in [0.1, 0.15) is 67.2 Å². The molecule has 0 atom stereocenters. The molecule has 2 aliphatic rings. The van der Waals surface area contributed by atoms with Gasteiger partial charge in [0.05, 0.1) is 29.2 Å². The molecule has 0 bridgehead atoms. The topological polar surface area (TPSA) is 60.1 Å². The molecule has 1 aliphatic heterocycles. The molecule has 0 radical (unpaired) electrons. The zero-order chi connectivity index (χ0) is 20.0. The third-order valence-electron chi connectivity index (χ3n) is 5.31. The van der Waals surface area contributed by atoms with Gasteiger partial charge in [-0.1, -0.05) is 20.4 Å². The van der Waals surface area contributed by atoms with E-state index in [1.807, 2.05) is 52.4 Å². The molecule has 0 N–H and O–H groups in total. The van der Waals surface area contributed by atoms with Crippen LogP contribution in [-0.4, -0.2) is 28.1 Å². The Labute approximate surface area is 164 Å². The van der Waals surface area contributed by atoms with Crippen LogP contribution in [0.25, 0.3) is 0 Å². The predicted octanol–water partition coefficient (Wildman–Crippen LogP) is 4.06. The first-order valence-electron chi connectivity index (χ1n) is 9.24. The average Bonchev–Trinajstić information content (AvgIpc) is 3.09. The summed E-state index contributed by atoms with van der Waals surface area (Å²) in [6.45, 7) is 15.4. The summed E-state index contributed by atoms with van der Waals surface area (Å²) in [5.74, 6) is 0. The van der Waals surface area contributed by atoms with Crippen molar-refractivity contribution in [2.45, 2.75) is 84.0 Å². The summed E-state index contributed by atoms with van der Waals surface area (Å²) in [7, 11) is -0.386. The van der Waals surface area contributed by atoms with Gasteiger partial charge in [0.25, 0.3) is 0 Å². The molecule has 1 aromatic heterocycles. The van der Waals surface area contributed by atoms with Crippen molar-refractivity contribution >= 4 is 25.2 Å². The van der Waals surface area contributed by atoms with Crippen molar-refractivity contribution < 1.29 is 9.31 Å². The molecule has 0 amide bonds. The van der Waals surface area contributed by atoms with Crippen molar-refractivity contribution in [1.29, 1.82) is 5.26 Å². The fraction of sp³-hybridized carbons (Fsp3) is 0.684. The van der Waals surface area contributed by atoms with Crippen LogP contribution in [0.15, 0.2) is 24.4 Å². The molecule has 144 valence electrons. The molecule has 5 nitrogen and oxygen atoms in total. The maximum atomic E-state index is 9.04. The second-order valence-corrected chi connectivity index (χ2v) is 7.77. The predicted molar refractivity (Wildman–Crippen MR) is 111 cm³/mol. The molecule has 0 unspecified atom stereocenters. The van der Waals surface area contributed by atoms with Gasteiger partial charge in [0.2, 0.25) is 0 Å². The first kappa shape index (κ1) is 22.8. The van der Waals surface area contributed by atoms with Crippen LogP contribution in [0.4, 0.5) is 0 Å². The van der Waals surface area contributed by atoms with Crippen LogP contribution in [0.5, 0.6) is 0 Å². The molecule has 1 saturated carbocycles. The first-order valence-corrected chi connectivity index (χ1v) is 9.76. The standard InChI is InChI=1S/C15H22BN3O2.C2H4S.C2H6/c1-13(2)14(3,4)21-16(20-13)12-10-18-19(11-12)15(8-9-17)6-5-7-15;1-2-3;1-2/h10-11H,5-8H2,1-4H3;2-3H,1H2;1-2H3. The van der Waals surface area contributed by atoms with E-state index in [0.29, 0.717) is 6.42 Å². The highest BCUT2D eigenvalue weighted by molar-refractivity contribution is 7.83. The lowest BCUT2D eigenvalue weighted by atomic mass is 9.74. The molecule has 7 heteroatoms. The van der Waals surface area contributed by atoms with Crippen LogP contribution in [0, 0.1) is 11.3 Å². The minimum Gasteiger partial charge on any atom is -0.399 e. The molecule has 0 spiro atoms. The zero-order valence-corrected chi connectivity index (χ0v) is 17.8. The van der Waals surface area contributed by atoms with Crippen molar-refractivity contribution in [3.05, 3.63) is 24.4 Å². The number of nitrogens with zero attached hydrogens (tertiary/aromatic N) is 3. The number of thiol groups is 1. The van der Waals surface area contributed by atoms with E-state index in [4.69, 9.17) is 14.6 Å². The van der Waals surface area contributed by atoms with Gasteiger partial charge in [0.15, 0.2) is 0 Å². The van der Waals surface area contributed by atoms with Crippen LogP contribution in [0.3, 0.4) is 0 Å². The molecule has 3 rings (SSSR count). The smallest absolute Gasteiger partial charge is 0.399 e. The molecular formula is C19H32BN3O2S. The Kier molecular flexibility index (Phi) is 8.00. The van der Waals surface area contributed by atoms with E-state index in [9.17, 15) is 0 Å². The van der Waals surface area contributed by atoms with Crippen molar-refractivity contribution in [2.75, 3.05) is 0 Å². The van der Waals surface area contributed by atoms with Crippen molar-refractivity contribution in [2.24, 2.45) is 0 Å². The number of rotatable bonds is 3. The minimum absolute atomic E-state index is 0.114. The number of nitriles is 1. The average molecular weight is 377 g/mol. The highest BCUT2D eigenvalue weighted by Gasteiger charge is 2.52.